The summed E-state index contributed by atoms with van der Waals surface area (Å²) in [7, 11) is 0. The minimum absolute atomic E-state index is 0.0985. The average molecular weight is 496 g/mol. The van der Waals surface area contributed by atoms with Crippen LogP contribution in [0.5, 0.6) is 0 Å². The van der Waals surface area contributed by atoms with Crippen molar-refractivity contribution in [2.75, 3.05) is 4.90 Å². The molecule has 5 rings (SSSR count). The monoisotopic (exact) mass is 493 g/mol. The summed E-state index contributed by atoms with van der Waals surface area (Å²) >= 11 is 39.0. The van der Waals surface area contributed by atoms with Crippen molar-refractivity contribution >= 4 is 97.9 Å². The van der Waals surface area contributed by atoms with E-state index in [0.717, 1.165) is 15.7 Å². The maximum Gasteiger partial charge on any atom is 0.240 e. The number of carbonyl (C=O) groups is 2. The third-order valence-corrected chi connectivity index (χ3v) is 10.2. The van der Waals surface area contributed by atoms with Crippen LogP contribution in [-0.4, -0.2) is 25.9 Å². The predicted octanol–water partition coefficient (Wildman–Crippen LogP) is 5.79. The molecular weight excluding hydrogens is 487 g/mol. The van der Waals surface area contributed by atoms with Crippen molar-refractivity contribution in [3.63, 3.8) is 0 Å². The Labute approximate surface area is 190 Å². The molecule has 1 heterocycles. The van der Waals surface area contributed by atoms with Crippen molar-refractivity contribution in [1.82, 2.24) is 0 Å². The van der Waals surface area contributed by atoms with Crippen molar-refractivity contribution in [3.05, 3.63) is 52.5 Å². The van der Waals surface area contributed by atoms with E-state index in [4.69, 9.17) is 69.6 Å². The minimum atomic E-state index is -1.92. The first-order chi connectivity index (χ1) is 13.1. The van der Waals surface area contributed by atoms with E-state index >= 15 is 0 Å². The fourth-order valence-corrected chi connectivity index (χ4v) is 7.49. The minimum Gasteiger partial charge on any atom is -0.274 e. The maximum atomic E-state index is 13.3. The van der Waals surface area contributed by atoms with E-state index < -0.39 is 37.7 Å². The summed E-state index contributed by atoms with van der Waals surface area (Å²) in [5.41, 5.74) is 0.407. The molecule has 3 nitrogen and oxygen atoms in total. The molecule has 0 spiro atoms. The van der Waals surface area contributed by atoms with Gasteiger partial charge in [-0.2, -0.15) is 0 Å². The van der Waals surface area contributed by atoms with Crippen molar-refractivity contribution < 1.29 is 9.59 Å². The molecule has 1 saturated heterocycles. The zero-order chi connectivity index (χ0) is 20.2. The number of hydrogen-bond acceptors (Lipinski definition) is 2. The number of nitrogens with zero attached hydrogens (tertiary/aromatic N) is 1. The lowest BCUT2D eigenvalue weighted by molar-refractivity contribution is -0.123. The van der Waals surface area contributed by atoms with Crippen LogP contribution < -0.4 is 4.90 Å². The second-order valence-electron chi connectivity index (χ2n) is 7.12. The van der Waals surface area contributed by atoms with Gasteiger partial charge in [-0.05, 0) is 22.9 Å². The molecule has 3 aliphatic rings. The lowest BCUT2D eigenvalue weighted by Crippen LogP contribution is -2.50. The molecule has 4 atom stereocenters. The number of benzene rings is 2. The van der Waals surface area contributed by atoms with Crippen LogP contribution >= 0.6 is 69.6 Å². The zero-order valence-corrected chi connectivity index (χ0v) is 18.3. The summed E-state index contributed by atoms with van der Waals surface area (Å²) in [5.74, 6) is -3.38. The number of carbonyl (C=O) groups excluding carboxylic acids is 2. The number of fused-ring (bicyclic) bond motifs is 6. The van der Waals surface area contributed by atoms with Crippen LogP contribution in [0.4, 0.5) is 5.69 Å². The Hall–Kier alpha value is -0.680. The van der Waals surface area contributed by atoms with E-state index in [1.54, 1.807) is 12.1 Å². The molecule has 1 saturated carbocycles. The molecule has 0 unspecified atom stereocenters. The van der Waals surface area contributed by atoms with Gasteiger partial charge in [0.2, 0.25) is 11.8 Å². The first kappa shape index (κ1) is 19.3. The number of halogens is 6. The number of amides is 2. The van der Waals surface area contributed by atoms with Gasteiger partial charge in [-0.25, -0.2) is 4.90 Å². The number of alkyl halides is 4. The van der Waals surface area contributed by atoms with Gasteiger partial charge in [-0.3, -0.25) is 9.59 Å². The Morgan fingerprint density at radius 3 is 1.79 bits per heavy atom. The molecular formula is C19H9Cl6NO2. The summed E-state index contributed by atoms with van der Waals surface area (Å²) in [6.45, 7) is 0. The summed E-state index contributed by atoms with van der Waals surface area (Å²) < 4.78 is -1.92. The summed E-state index contributed by atoms with van der Waals surface area (Å²) in [4.78, 5) is 24.1. The van der Waals surface area contributed by atoms with Gasteiger partial charge < -0.3 is 0 Å². The molecule has 0 aromatic heterocycles. The first-order valence-electron chi connectivity index (χ1n) is 8.27. The first-order valence-corrected chi connectivity index (χ1v) is 10.5. The second-order valence-corrected chi connectivity index (χ2v) is 10.4. The molecule has 2 bridgehead atoms. The van der Waals surface area contributed by atoms with E-state index in [-0.39, 0.29) is 10.1 Å². The number of anilines is 1. The van der Waals surface area contributed by atoms with Crippen LogP contribution in [0.1, 0.15) is 0 Å². The highest BCUT2D eigenvalue weighted by molar-refractivity contribution is 6.67. The lowest BCUT2D eigenvalue weighted by atomic mass is 9.84. The topological polar surface area (TPSA) is 37.4 Å². The highest BCUT2D eigenvalue weighted by Gasteiger charge is 2.87. The fraction of sp³-hybridized carbons (Fsp3) is 0.263. The highest BCUT2D eigenvalue weighted by Crippen LogP contribution is 2.77. The smallest absolute Gasteiger partial charge is 0.240 e. The highest BCUT2D eigenvalue weighted by atomic mass is 35.5. The summed E-state index contributed by atoms with van der Waals surface area (Å²) in [5, 5.41) is 1.65. The predicted molar refractivity (Wildman–Crippen MR) is 114 cm³/mol. The van der Waals surface area contributed by atoms with Crippen LogP contribution in [0.25, 0.3) is 10.8 Å². The molecule has 1 aliphatic heterocycles. The van der Waals surface area contributed by atoms with E-state index in [9.17, 15) is 9.59 Å². The Bertz CT molecular complexity index is 1080. The van der Waals surface area contributed by atoms with Crippen LogP contribution in [-0.2, 0) is 9.59 Å². The Kier molecular flexibility index (Phi) is 3.94. The van der Waals surface area contributed by atoms with E-state index in [1.165, 1.54) is 0 Å². The van der Waals surface area contributed by atoms with Gasteiger partial charge in [0.1, 0.15) is 9.75 Å². The maximum absolute atomic E-state index is 13.3. The molecule has 2 aromatic rings. The Balaban J connectivity index is 1.68. The SMILES string of the molecule is O=C1[C@@H]2[C@@H](C(=O)N1c1ccc3ccccc3c1)[C@@]1(Cl)C(Cl)=C(Cl)[C@@]2(Cl)C1(Cl)Cl. The van der Waals surface area contributed by atoms with Gasteiger partial charge in [-0.15, -0.1) is 23.2 Å². The van der Waals surface area contributed by atoms with Gasteiger partial charge in [0.05, 0.1) is 27.6 Å². The summed E-state index contributed by atoms with van der Waals surface area (Å²) in [6, 6.07) is 12.9. The van der Waals surface area contributed by atoms with Gasteiger partial charge in [0, 0.05) is 0 Å². The second kappa shape index (κ2) is 5.72. The molecule has 2 aromatic carbocycles. The van der Waals surface area contributed by atoms with E-state index in [2.05, 4.69) is 0 Å². The number of rotatable bonds is 1. The number of hydrogen-bond donors (Lipinski definition) is 0. The zero-order valence-electron chi connectivity index (χ0n) is 13.7. The quantitative estimate of drug-likeness (QED) is 0.371. The molecule has 2 amide bonds. The van der Waals surface area contributed by atoms with Crippen LogP contribution in [0.2, 0.25) is 0 Å². The standard InChI is InChI=1S/C19H9Cl6NO2/c20-13-14(21)18(23)12-11(17(13,22)19(18,24)25)15(27)26(16(12)28)10-6-5-8-3-1-2-4-9(8)7-10/h1-7,11-12H/t11-,12-,17+,18+/m0/s1. The third-order valence-electron chi connectivity index (χ3n) is 5.90. The molecule has 144 valence electrons. The molecule has 0 radical (unpaired) electrons. The number of allylic oxidation sites excluding steroid dienone is 2. The van der Waals surface area contributed by atoms with Crippen molar-refractivity contribution in [1.29, 1.82) is 0 Å². The van der Waals surface area contributed by atoms with Gasteiger partial charge in [-0.1, -0.05) is 76.7 Å². The van der Waals surface area contributed by atoms with Crippen molar-refractivity contribution in [2.45, 2.75) is 14.1 Å². The van der Waals surface area contributed by atoms with Crippen LogP contribution in [0, 0.1) is 11.8 Å². The van der Waals surface area contributed by atoms with E-state index in [1.807, 2.05) is 30.3 Å². The number of imide groups is 1. The average Bonchev–Trinajstić information content (AvgIpc) is 3.05. The van der Waals surface area contributed by atoms with E-state index in [0.29, 0.717) is 5.69 Å². The fourth-order valence-electron chi connectivity index (χ4n) is 4.57. The normalized spacial score (nSPS) is 36.0. The Morgan fingerprint density at radius 2 is 1.25 bits per heavy atom. The summed E-state index contributed by atoms with van der Waals surface area (Å²) in [6.07, 6.45) is 0. The Morgan fingerprint density at radius 1 is 0.750 bits per heavy atom. The molecule has 0 N–H and O–H groups in total. The lowest BCUT2D eigenvalue weighted by Gasteiger charge is -2.34. The molecule has 2 fully saturated rings. The molecule has 2 aliphatic carbocycles. The molecule has 28 heavy (non-hydrogen) atoms. The van der Waals surface area contributed by atoms with Gasteiger partial charge >= 0.3 is 0 Å². The van der Waals surface area contributed by atoms with Gasteiger partial charge in [0.15, 0.2) is 4.33 Å². The van der Waals surface area contributed by atoms with Gasteiger partial charge in [0.25, 0.3) is 0 Å². The van der Waals surface area contributed by atoms with Crippen LogP contribution in [0.3, 0.4) is 0 Å². The van der Waals surface area contributed by atoms with Crippen molar-refractivity contribution in [2.24, 2.45) is 11.8 Å². The van der Waals surface area contributed by atoms with Crippen molar-refractivity contribution in [3.8, 4) is 0 Å². The third kappa shape index (κ3) is 1.88. The largest absolute Gasteiger partial charge is 0.274 e. The van der Waals surface area contributed by atoms with Crippen LogP contribution in [0.15, 0.2) is 52.5 Å². The molecule has 9 heteroatoms.